The van der Waals surface area contributed by atoms with Crippen LogP contribution in [0.4, 0.5) is 0 Å². The van der Waals surface area contributed by atoms with Gasteiger partial charge in [-0.25, -0.2) is 0 Å². The Kier molecular flexibility index (Phi) is 7.91. The molecule has 0 aromatic rings. The number of nitrogens with one attached hydrogen (secondary N) is 1. The third-order valence-corrected chi connectivity index (χ3v) is 2.37. The molecule has 0 aliphatic carbocycles. The van der Waals surface area contributed by atoms with E-state index >= 15 is 0 Å². The summed E-state index contributed by atoms with van der Waals surface area (Å²) in [5.41, 5.74) is 5.30. The number of hydrogen-bond acceptors (Lipinski definition) is 7. The molecule has 1 unspecified atom stereocenters. The van der Waals surface area contributed by atoms with Crippen molar-refractivity contribution in [2.24, 2.45) is 5.73 Å². The number of aliphatic carboxylic acids is 2. The molecule has 0 aromatic carbocycles. The fraction of sp³-hybridized carbons (Fsp3) is 0.667. The van der Waals surface area contributed by atoms with E-state index in [2.05, 4.69) is 5.32 Å². The Morgan fingerprint density at radius 2 is 1.95 bits per heavy atom. The van der Waals surface area contributed by atoms with Crippen LogP contribution < -0.4 is 11.1 Å². The van der Waals surface area contributed by atoms with E-state index in [4.69, 9.17) is 25.5 Å². The molecule has 10 heteroatoms. The summed E-state index contributed by atoms with van der Waals surface area (Å²) in [5, 5.41) is 19.8. The van der Waals surface area contributed by atoms with Crippen LogP contribution in [0.25, 0.3) is 0 Å². The van der Waals surface area contributed by atoms with E-state index in [0.717, 1.165) is 0 Å². The molecule has 19 heavy (non-hydrogen) atoms. The molecule has 1 aliphatic heterocycles. The lowest BCUT2D eigenvalue weighted by molar-refractivity contribution is -0.153. The zero-order valence-corrected chi connectivity index (χ0v) is 12.4. The third-order valence-electron chi connectivity index (χ3n) is 2.37. The Morgan fingerprint density at radius 1 is 1.37 bits per heavy atom. The van der Waals surface area contributed by atoms with Gasteiger partial charge < -0.3 is 30.8 Å². The highest BCUT2D eigenvalue weighted by molar-refractivity contribution is 5.95. The quantitative estimate of drug-likeness (QED) is 0.255. The van der Waals surface area contributed by atoms with E-state index in [1.54, 1.807) is 0 Å². The van der Waals surface area contributed by atoms with Crippen molar-refractivity contribution in [2.75, 3.05) is 6.54 Å². The molecule has 1 rings (SSSR count). The van der Waals surface area contributed by atoms with Crippen LogP contribution in [0.15, 0.2) is 0 Å². The van der Waals surface area contributed by atoms with Gasteiger partial charge in [-0.3, -0.25) is 14.4 Å². The van der Waals surface area contributed by atoms with Crippen molar-refractivity contribution >= 4 is 28.4 Å². The molecule has 0 bridgehead atoms. The van der Waals surface area contributed by atoms with Crippen molar-refractivity contribution in [3.05, 3.63) is 0 Å². The maximum absolute atomic E-state index is 11.3. The van der Waals surface area contributed by atoms with E-state index in [-0.39, 0.29) is 13.0 Å². The lowest BCUT2D eigenvalue weighted by atomic mass is 10.2. The van der Waals surface area contributed by atoms with Gasteiger partial charge in [0.2, 0.25) is 0 Å². The first-order chi connectivity index (χ1) is 8.90. The maximum atomic E-state index is 11.3. The van der Waals surface area contributed by atoms with Crippen molar-refractivity contribution in [2.45, 2.75) is 31.0 Å². The van der Waals surface area contributed by atoms with Gasteiger partial charge in [-0.15, -0.1) is 0 Å². The Morgan fingerprint density at radius 3 is 2.37 bits per heavy atom. The largest absolute Gasteiger partial charge is 0.481 e. The Balaban J connectivity index is 0.00000154. The molecule has 0 aromatic heterocycles. The van der Waals surface area contributed by atoms with Gasteiger partial charge in [-0.1, -0.05) is 0 Å². The first kappa shape index (κ1) is 17.5. The summed E-state index contributed by atoms with van der Waals surface area (Å²) in [6.07, 6.45) is -0.939. The van der Waals surface area contributed by atoms with Crippen LogP contribution in [0.2, 0.25) is 0 Å². The highest BCUT2D eigenvalue weighted by Gasteiger charge is 2.32. The fourth-order valence-electron chi connectivity index (χ4n) is 1.50. The number of esters is 1. The fourth-order valence-corrected chi connectivity index (χ4v) is 1.50. The molecule has 1 saturated heterocycles. The minimum absolute atomic E-state index is 0.154. The lowest BCUT2D eigenvalue weighted by Gasteiger charge is -2.14. The molecule has 1 aliphatic rings. The Bertz CT molecular complexity index is 339. The summed E-state index contributed by atoms with van der Waals surface area (Å²) in [6, 6.07) is -1.97. The summed E-state index contributed by atoms with van der Waals surface area (Å²) in [7, 11) is 0.306. The van der Waals surface area contributed by atoms with Gasteiger partial charge >= 0.3 is 17.9 Å². The number of rotatable bonds is 5. The van der Waals surface area contributed by atoms with Crippen LogP contribution in [0.1, 0.15) is 12.8 Å². The van der Waals surface area contributed by atoms with Crippen LogP contribution in [-0.2, 0) is 19.1 Å². The molecule has 0 saturated carbocycles. The van der Waals surface area contributed by atoms with Crippen LogP contribution >= 0.6 is 0 Å². The second-order valence-corrected chi connectivity index (χ2v) is 3.80. The molecule has 110 valence electrons. The van der Waals surface area contributed by atoms with Crippen LogP contribution in [0, 0.1) is 0 Å². The minimum atomic E-state index is -1.23. The smallest absolute Gasteiger partial charge is 0.323 e. The highest BCUT2D eigenvalue weighted by atomic mass is 28.2. The summed E-state index contributed by atoms with van der Waals surface area (Å²) >= 11 is 0. The van der Waals surface area contributed by atoms with Gasteiger partial charge in [-0.2, -0.15) is 0 Å². The molecule has 1 heterocycles. The molecule has 9 nitrogen and oxygen atoms in total. The number of nitrogens with two attached hydrogens (primary N) is 1. The van der Waals surface area contributed by atoms with Crippen LogP contribution in [0.5, 0.6) is 0 Å². The molecule has 0 spiro atoms. The average molecular weight is 294 g/mol. The second-order valence-electron chi connectivity index (χ2n) is 3.80. The minimum Gasteiger partial charge on any atom is -0.481 e. The monoisotopic (exact) mass is 294 g/mol. The predicted molar refractivity (Wildman–Crippen MR) is 66.3 cm³/mol. The third kappa shape index (κ3) is 6.29. The predicted octanol–water partition coefficient (Wildman–Crippen LogP) is -3.59. The van der Waals surface area contributed by atoms with Crippen LogP contribution in [-0.4, -0.2) is 68.1 Å². The van der Waals surface area contributed by atoms with Gasteiger partial charge in [0, 0.05) is 13.0 Å². The van der Waals surface area contributed by atoms with Crippen LogP contribution in [0.3, 0.4) is 0 Å². The number of hydrogen-bond donors (Lipinski definition) is 5. The summed E-state index contributed by atoms with van der Waals surface area (Å²) in [4.78, 5) is 39.4. The van der Waals surface area contributed by atoms with E-state index in [0.29, 0.717) is 10.5 Å². The van der Waals surface area contributed by atoms with Crippen molar-refractivity contribution in [3.63, 3.8) is 0 Å². The highest BCUT2D eigenvalue weighted by Crippen LogP contribution is 2.11. The number of carboxylic acids is 2. The standard InChI is InChI=1S/C9H14N2O6.H4OSi/c10-5(2-7(12)13)9(16)17-4-1-6(8(14)15)11-3-4;1-2/h4-6,11H,1-3,10H2,(H,12,13)(H,14,15);1H,2H3/t4-,5?,6+;/m1./s1. The van der Waals surface area contributed by atoms with Gasteiger partial charge in [0.15, 0.2) is 0 Å². The number of ether oxygens (including phenoxy) is 1. The lowest BCUT2D eigenvalue weighted by Crippen LogP contribution is -2.37. The number of carbonyl (C=O) groups excluding carboxylic acids is 1. The molecular weight excluding hydrogens is 276 g/mol. The summed E-state index contributed by atoms with van der Waals surface area (Å²) < 4.78 is 4.90. The molecular formula is C9H18N2O7Si. The molecule has 1 fully saturated rings. The normalized spacial score (nSPS) is 23.1. The number of carboxylic acid groups (broad SMARTS) is 2. The average Bonchev–Trinajstić information content (AvgIpc) is 2.79. The molecule has 0 radical (unpaired) electrons. The van der Waals surface area contributed by atoms with Crippen molar-refractivity contribution in [1.82, 2.24) is 5.32 Å². The van der Waals surface area contributed by atoms with Crippen molar-refractivity contribution < 1.29 is 34.1 Å². The van der Waals surface area contributed by atoms with Crippen molar-refractivity contribution in [3.8, 4) is 0 Å². The first-order valence-corrected chi connectivity index (χ1v) is 6.38. The second kappa shape index (κ2) is 8.58. The van der Waals surface area contributed by atoms with Crippen molar-refractivity contribution in [1.29, 1.82) is 0 Å². The number of carbonyl (C=O) groups is 3. The van der Waals surface area contributed by atoms with Gasteiger partial charge in [0.25, 0.3) is 0 Å². The van der Waals surface area contributed by atoms with E-state index in [9.17, 15) is 14.4 Å². The first-order valence-electron chi connectivity index (χ1n) is 5.49. The SMILES string of the molecule is NC(CC(=O)O)C(=O)O[C@H]1CN[C@H](C(=O)O)C1.O[SiH3]. The van der Waals surface area contributed by atoms with E-state index in [1.807, 2.05) is 0 Å². The topological polar surface area (TPSA) is 159 Å². The van der Waals surface area contributed by atoms with Gasteiger partial charge in [-0.05, 0) is 0 Å². The van der Waals surface area contributed by atoms with E-state index < -0.39 is 42.5 Å². The molecule has 3 atom stereocenters. The molecule has 6 N–H and O–H groups in total. The summed E-state index contributed by atoms with van der Waals surface area (Å²) in [6.45, 7) is 0.225. The maximum Gasteiger partial charge on any atom is 0.323 e. The molecule has 0 amide bonds. The van der Waals surface area contributed by atoms with Gasteiger partial charge in [0.05, 0.1) is 6.42 Å². The zero-order chi connectivity index (χ0) is 15.0. The Labute approximate surface area is 112 Å². The zero-order valence-electron chi connectivity index (χ0n) is 10.4. The summed E-state index contributed by atoms with van der Waals surface area (Å²) in [5.74, 6) is -3.04. The van der Waals surface area contributed by atoms with E-state index in [1.165, 1.54) is 0 Å². The Hall–Kier alpha value is -1.49. The van der Waals surface area contributed by atoms with Gasteiger partial charge in [0.1, 0.15) is 28.7 Å².